The predicted octanol–water partition coefficient (Wildman–Crippen LogP) is 3.66. The van der Waals surface area contributed by atoms with Crippen LogP contribution in [0.2, 0.25) is 0 Å². The van der Waals surface area contributed by atoms with Gasteiger partial charge in [0.15, 0.2) is 0 Å². The molecule has 116 valence electrons. The molecule has 0 aliphatic heterocycles. The second kappa shape index (κ2) is 7.68. The van der Waals surface area contributed by atoms with E-state index in [-0.39, 0.29) is 12.1 Å². The molecule has 0 bridgehead atoms. The van der Waals surface area contributed by atoms with Crippen LogP contribution in [0, 0.1) is 23.7 Å². The van der Waals surface area contributed by atoms with Gasteiger partial charge in [0.2, 0.25) is 12.2 Å². The molecule has 0 spiro atoms. The van der Waals surface area contributed by atoms with Crippen molar-refractivity contribution >= 4 is 12.2 Å². The summed E-state index contributed by atoms with van der Waals surface area (Å²) in [6, 6.07) is 0.396. The summed E-state index contributed by atoms with van der Waals surface area (Å²) in [5, 5.41) is 0. The predicted molar refractivity (Wildman–Crippen MR) is 81.4 cm³/mol. The summed E-state index contributed by atoms with van der Waals surface area (Å²) in [6.07, 6.45) is 11.2. The highest BCUT2D eigenvalue weighted by molar-refractivity contribution is 5.34. The summed E-state index contributed by atoms with van der Waals surface area (Å²) < 4.78 is 0. The van der Waals surface area contributed by atoms with Crippen LogP contribution in [0.3, 0.4) is 0 Å². The molecule has 21 heavy (non-hydrogen) atoms. The summed E-state index contributed by atoms with van der Waals surface area (Å²) in [5.74, 6) is 2.78. The fraction of sp³-hybridized carbons (Fsp3) is 0.882. The van der Waals surface area contributed by atoms with Gasteiger partial charge in [-0.3, -0.25) is 0 Å². The molecule has 2 aliphatic carbocycles. The molecule has 6 unspecified atom stereocenters. The molecule has 0 radical (unpaired) electrons. The number of hydrogen-bond acceptors (Lipinski definition) is 4. The van der Waals surface area contributed by atoms with Crippen molar-refractivity contribution in [3.8, 4) is 0 Å². The Morgan fingerprint density at radius 2 is 1.24 bits per heavy atom. The second-order valence-corrected chi connectivity index (χ2v) is 7.08. The molecule has 2 fully saturated rings. The molecule has 0 saturated heterocycles. The van der Waals surface area contributed by atoms with Crippen LogP contribution < -0.4 is 0 Å². The Balaban J connectivity index is 1.85. The maximum absolute atomic E-state index is 10.4. The highest BCUT2D eigenvalue weighted by atomic mass is 16.1. The smallest absolute Gasteiger partial charge is 0.211 e. The van der Waals surface area contributed by atoms with Gasteiger partial charge in [0, 0.05) is 0 Å². The van der Waals surface area contributed by atoms with Crippen LogP contribution in [0.1, 0.15) is 58.8 Å². The molecular weight excluding hydrogens is 264 g/mol. The van der Waals surface area contributed by atoms with Crippen molar-refractivity contribution in [1.82, 2.24) is 0 Å². The summed E-state index contributed by atoms with van der Waals surface area (Å²) in [5.41, 5.74) is 0. The number of aliphatic imine (C=N–C) groups is 2. The normalized spacial score (nSPS) is 39.9. The number of hydrogen-bond donors (Lipinski definition) is 0. The molecule has 2 aliphatic rings. The van der Waals surface area contributed by atoms with Gasteiger partial charge in [0.1, 0.15) is 0 Å². The molecule has 4 nitrogen and oxygen atoms in total. The molecule has 0 N–H and O–H groups in total. The van der Waals surface area contributed by atoms with E-state index in [0.717, 1.165) is 37.5 Å². The van der Waals surface area contributed by atoms with Crippen LogP contribution in [0.15, 0.2) is 9.98 Å². The molecule has 2 saturated carbocycles. The lowest BCUT2D eigenvalue weighted by Crippen LogP contribution is -2.31. The molecule has 2 rings (SSSR count). The molecule has 0 aromatic rings. The lowest BCUT2D eigenvalue weighted by atomic mass is 9.68. The van der Waals surface area contributed by atoms with Gasteiger partial charge in [-0.1, -0.05) is 13.8 Å². The summed E-state index contributed by atoms with van der Waals surface area (Å²) in [6.45, 7) is 4.59. The van der Waals surface area contributed by atoms with Crippen molar-refractivity contribution in [2.45, 2.75) is 70.9 Å². The molecule has 0 aromatic carbocycles. The summed E-state index contributed by atoms with van der Waals surface area (Å²) >= 11 is 0. The van der Waals surface area contributed by atoms with Crippen molar-refractivity contribution < 1.29 is 9.59 Å². The Morgan fingerprint density at radius 1 is 0.810 bits per heavy atom. The first-order valence-electron chi connectivity index (χ1n) is 8.28. The average Bonchev–Trinajstić information content (AvgIpc) is 2.45. The highest BCUT2D eigenvalue weighted by Crippen LogP contribution is 2.41. The van der Waals surface area contributed by atoms with Crippen LogP contribution in [0.25, 0.3) is 0 Å². The fourth-order valence-corrected chi connectivity index (χ4v) is 4.33. The minimum atomic E-state index is 0.198. The van der Waals surface area contributed by atoms with E-state index >= 15 is 0 Å². The van der Waals surface area contributed by atoms with Gasteiger partial charge in [-0.05, 0) is 68.6 Å². The van der Waals surface area contributed by atoms with Crippen LogP contribution >= 0.6 is 0 Å². The summed E-state index contributed by atoms with van der Waals surface area (Å²) in [7, 11) is 0. The van der Waals surface area contributed by atoms with Gasteiger partial charge in [0.25, 0.3) is 0 Å². The molecule has 6 atom stereocenters. The largest absolute Gasteiger partial charge is 0.235 e. The van der Waals surface area contributed by atoms with Gasteiger partial charge >= 0.3 is 0 Å². The fourth-order valence-electron chi connectivity index (χ4n) is 4.33. The van der Waals surface area contributed by atoms with Gasteiger partial charge in [-0.15, -0.1) is 0 Å². The van der Waals surface area contributed by atoms with Crippen molar-refractivity contribution in [3.63, 3.8) is 0 Å². The van der Waals surface area contributed by atoms with Crippen molar-refractivity contribution in [2.75, 3.05) is 0 Å². The van der Waals surface area contributed by atoms with Gasteiger partial charge in [0.05, 0.1) is 12.1 Å². The van der Waals surface area contributed by atoms with Crippen molar-refractivity contribution in [1.29, 1.82) is 0 Å². The Labute approximate surface area is 127 Å². The first kappa shape index (κ1) is 16.1. The maximum Gasteiger partial charge on any atom is 0.235 e. The third-order valence-electron chi connectivity index (χ3n) is 5.71. The third kappa shape index (κ3) is 4.36. The standard InChI is InChI=1S/C17H26N2O2/c1-12-7-16(18-10-20)5-3-14(12)9-15-4-6-17(19-11-21)8-13(15)2/h12-17H,3-9H2,1-2H3. The van der Waals surface area contributed by atoms with E-state index in [1.807, 2.05) is 0 Å². The molecule has 0 heterocycles. The van der Waals surface area contributed by atoms with Crippen LogP contribution in [0.5, 0.6) is 0 Å². The van der Waals surface area contributed by atoms with Crippen LogP contribution in [-0.4, -0.2) is 24.2 Å². The zero-order valence-electron chi connectivity index (χ0n) is 13.1. The first-order valence-corrected chi connectivity index (χ1v) is 8.28. The van der Waals surface area contributed by atoms with Crippen LogP contribution in [-0.2, 0) is 9.59 Å². The Hall–Kier alpha value is -1.24. The quantitative estimate of drug-likeness (QED) is 0.586. The third-order valence-corrected chi connectivity index (χ3v) is 5.71. The minimum absolute atomic E-state index is 0.198. The first-order chi connectivity index (χ1) is 10.1. The molecule has 0 amide bonds. The molecular formula is C17H26N2O2. The van der Waals surface area contributed by atoms with E-state index in [0.29, 0.717) is 11.8 Å². The zero-order chi connectivity index (χ0) is 15.2. The van der Waals surface area contributed by atoms with Crippen molar-refractivity contribution in [2.24, 2.45) is 33.7 Å². The number of carbonyl (C=O) groups excluding carboxylic acids is 2. The summed E-state index contributed by atoms with van der Waals surface area (Å²) in [4.78, 5) is 28.6. The van der Waals surface area contributed by atoms with E-state index in [9.17, 15) is 9.59 Å². The van der Waals surface area contributed by atoms with E-state index in [1.54, 1.807) is 12.2 Å². The SMILES string of the molecule is CC1CC(N=C=O)CCC1CC1CCC(N=C=O)CC1C. The van der Waals surface area contributed by atoms with E-state index in [2.05, 4.69) is 23.8 Å². The zero-order valence-corrected chi connectivity index (χ0v) is 13.1. The Morgan fingerprint density at radius 3 is 1.57 bits per heavy atom. The lowest BCUT2D eigenvalue weighted by molar-refractivity contribution is 0.140. The number of nitrogens with zero attached hydrogens (tertiary/aromatic N) is 2. The van der Waals surface area contributed by atoms with Crippen LogP contribution in [0.4, 0.5) is 0 Å². The topological polar surface area (TPSA) is 58.9 Å². The maximum atomic E-state index is 10.4. The highest BCUT2D eigenvalue weighted by Gasteiger charge is 2.33. The van der Waals surface area contributed by atoms with Gasteiger partial charge < -0.3 is 0 Å². The minimum Gasteiger partial charge on any atom is -0.211 e. The van der Waals surface area contributed by atoms with E-state index in [4.69, 9.17) is 0 Å². The van der Waals surface area contributed by atoms with Crippen molar-refractivity contribution in [3.05, 3.63) is 0 Å². The lowest BCUT2D eigenvalue weighted by Gasteiger charge is -2.38. The Kier molecular flexibility index (Phi) is 5.90. The second-order valence-electron chi connectivity index (χ2n) is 7.08. The molecule has 4 heteroatoms. The van der Waals surface area contributed by atoms with Gasteiger partial charge in [-0.25, -0.2) is 19.6 Å². The number of rotatable bonds is 4. The van der Waals surface area contributed by atoms with E-state index in [1.165, 1.54) is 19.3 Å². The Bertz CT molecular complexity index is 398. The average molecular weight is 290 g/mol. The monoisotopic (exact) mass is 290 g/mol. The van der Waals surface area contributed by atoms with E-state index < -0.39 is 0 Å². The van der Waals surface area contributed by atoms with Gasteiger partial charge in [-0.2, -0.15) is 0 Å². The molecule has 0 aromatic heterocycles. The number of isocyanates is 2.